The van der Waals surface area contributed by atoms with Gasteiger partial charge in [0, 0.05) is 37.7 Å². The standard InChI is InChI=1S/C21H28O9S2.Ca/c1-29-19-7-3-6-18(21(19)22)12-16(14-32(26,27)28)11-17-9-8-15(13-20(17)30-2)5-4-10-31(23,24)25;/h3,6-9,13,16,22H,4-5,10-12,14H2,1-2H3,(H,23,24,25)(H,26,27,28);. The first-order valence-corrected chi connectivity index (χ1v) is 13.0. The van der Waals surface area contributed by atoms with Gasteiger partial charge in [-0.2, -0.15) is 16.8 Å². The molecule has 0 aliphatic heterocycles. The quantitative estimate of drug-likeness (QED) is 0.278. The zero-order chi connectivity index (χ0) is 23.9. The second kappa shape index (κ2) is 13.1. The van der Waals surface area contributed by atoms with Gasteiger partial charge in [0.05, 0.1) is 25.7 Å². The van der Waals surface area contributed by atoms with Crippen molar-refractivity contribution in [3.8, 4) is 17.2 Å². The largest absolute Gasteiger partial charge is 0.504 e. The fraction of sp³-hybridized carbons (Fsp3) is 0.429. The van der Waals surface area contributed by atoms with Gasteiger partial charge >= 0.3 is 0 Å². The van der Waals surface area contributed by atoms with E-state index in [2.05, 4.69) is 0 Å². The van der Waals surface area contributed by atoms with E-state index in [1.165, 1.54) is 14.2 Å². The Balaban J connectivity index is 0.00000544. The molecule has 2 aromatic rings. The van der Waals surface area contributed by atoms with Gasteiger partial charge in [-0.25, -0.2) is 0 Å². The molecule has 3 N–H and O–H groups in total. The van der Waals surface area contributed by atoms with E-state index in [-0.39, 0.29) is 74.3 Å². The average Bonchev–Trinajstić information content (AvgIpc) is 2.68. The van der Waals surface area contributed by atoms with Gasteiger partial charge in [0.1, 0.15) is 5.75 Å². The van der Waals surface area contributed by atoms with Crippen LogP contribution >= 0.6 is 0 Å². The Bertz CT molecular complexity index is 1130. The number of hydrogen-bond donors (Lipinski definition) is 3. The van der Waals surface area contributed by atoms with Crippen LogP contribution in [-0.4, -0.2) is 94.5 Å². The summed E-state index contributed by atoms with van der Waals surface area (Å²) in [6.07, 6.45) is 1.05. The molecule has 0 spiro atoms. The van der Waals surface area contributed by atoms with E-state index < -0.39 is 31.9 Å². The molecule has 0 saturated heterocycles. The molecule has 2 radical (unpaired) electrons. The summed E-state index contributed by atoms with van der Waals surface area (Å²) < 4.78 is 73.8. The van der Waals surface area contributed by atoms with Crippen LogP contribution in [0.4, 0.5) is 0 Å². The number of phenolic OH excluding ortho intramolecular Hbond substituents is 1. The van der Waals surface area contributed by atoms with Crippen molar-refractivity contribution < 1.29 is 40.5 Å². The first-order chi connectivity index (χ1) is 14.9. The van der Waals surface area contributed by atoms with Crippen molar-refractivity contribution in [2.75, 3.05) is 25.7 Å². The Kier molecular flexibility index (Phi) is 11.9. The van der Waals surface area contributed by atoms with Crippen LogP contribution in [0, 0.1) is 5.92 Å². The molecule has 9 nitrogen and oxygen atoms in total. The summed E-state index contributed by atoms with van der Waals surface area (Å²) >= 11 is 0. The molecule has 0 bridgehead atoms. The van der Waals surface area contributed by atoms with E-state index in [0.717, 1.165) is 5.56 Å². The summed E-state index contributed by atoms with van der Waals surface area (Å²) in [7, 11) is -5.43. The number of methoxy groups -OCH3 is 2. The van der Waals surface area contributed by atoms with Crippen LogP contribution < -0.4 is 9.47 Å². The third-order valence-corrected chi connectivity index (χ3v) is 6.68. The van der Waals surface area contributed by atoms with Gasteiger partial charge in [0.2, 0.25) is 0 Å². The summed E-state index contributed by atoms with van der Waals surface area (Å²) in [6.45, 7) is 0. The summed E-state index contributed by atoms with van der Waals surface area (Å²) in [6, 6.07) is 10.2. The van der Waals surface area contributed by atoms with Gasteiger partial charge < -0.3 is 14.6 Å². The Morgan fingerprint density at radius 2 is 1.52 bits per heavy atom. The molecule has 0 aliphatic rings. The van der Waals surface area contributed by atoms with E-state index in [0.29, 0.717) is 23.3 Å². The van der Waals surface area contributed by atoms with Crippen molar-refractivity contribution in [1.29, 1.82) is 0 Å². The Labute approximate surface area is 224 Å². The molecule has 1 atom stereocenters. The number of aryl methyl sites for hydroxylation is 1. The average molecular weight is 529 g/mol. The number of aromatic hydroxyl groups is 1. The number of rotatable bonds is 12. The van der Waals surface area contributed by atoms with Crippen LogP contribution in [0.3, 0.4) is 0 Å². The van der Waals surface area contributed by atoms with Gasteiger partial charge in [0.25, 0.3) is 20.2 Å². The number of ether oxygens (including phenoxy) is 2. The minimum Gasteiger partial charge on any atom is -0.504 e. The molecular formula is C21H28CaO9S2. The summed E-state index contributed by atoms with van der Waals surface area (Å²) in [5.74, 6) is -0.760. The van der Waals surface area contributed by atoms with Crippen molar-refractivity contribution in [2.24, 2.45) is 5.92 Å². The van der Waals surface area contributed by atoms with Gasteiger partial charge in [0.15, 0.2) is 11.5 Å². The van der Waals surface area contributed by atoms with Crippen molar-refractivity contribution in [3.63, 3.8) is 0 Å². The molecule has 2 rings (SSSR count). The topological polar surface area (TPSA) is 147 Å². The van der Waals surface area contributed by atoms with Gasteiger partial charge in [-0.15, -0.1) is 0 Å². The Morgan fingerprint density at radius 1 is 0.879 bits per heavy atom. The first kappa shape index (κ1) is 30.0. The predicted octanol–water partition coefficient (Wildman–Crippen LogP) is 2.14. The fourth-order valence-electron chi connectivity index (χ4n) is 3.58. The second-order valence-electron chi connectivity index (χ2n) is 7.53. The summed E-state index contributed by atoms with van der Waals surface area (Å²) in [5, 5.41) is 10.4. The van der Waals surface area contributed by atoms with Gasteiger partial charge in [-0.3, -0.25) is 9.11 Å². The molecule has 12 heteroatoms. The molecule has 0 aromatic heterocycles. The van der Waals surface area contributed by atoms with E-state index in [1.807, 2.05) is 0 Å². The second-order valence-corrected chi connectivity index (χ2v) is 10.6. The molecule has 1 unspecified atom stereocenters. The zero-order valence-electron chi connectivity index (χ0n) is 18.6. The Hall–Kier alpha value is -1.08. The smallest absolute Gasteiger partial charge is 0.265 e. The minimum absolute atomic E-state index is 0. The SMILES string of the molecule is COc1cc(CCCS(=O)(=O)O)ccc1CC(Cc1cccc(OC)c1O)CS(=O)(=O)O.[Ca]. The summed E-state index contributed by atoms with van der Waals surface area (Å²) in [5.41, 5.74) is 1.98. The summed E-state index contributed by atoms with van der Waals surface area (Å²) in [4.78, 5) is 0. The van der Waals surface area contributed by atoms with E-state index in [9.17, 15) is 26.5 Å². The number of para-hydroxylation sites is 1. The van der Waals surface area contributed by atoms with Crippen LogP contribution in [0.15, 0.2) is 36.4 Å². The van der Waals surface area contributed by atoms with E-state index in [1.54, 1.807) is 36.4 Å². The van der Waals surface area contributed by atoms with Gasteiger partial charge in [-0.05, 0) is 60.4 Å². The third kappa shape index (κ3) is 10.4. The predicted molar refractivity (Wildman–Crippen MR) is 125 cm³/mol. The Morgan fingerprint density at radius 3 is 2.09 bits per heavy atom. The van der Waals surface area contributed by atoms with E-state index in [4.69, 9.17) is 14.0 Å². The molecule has 0 amide bonds. The molecule has 0 aliphatic carbocycles. The number of benzene rings is 2. The van der Waals surface area contributed by atoms with Crippen LogP contribution in [0.1, 0.15) is 23.1 Å². The van der Waals surface area contributed by atoms with Gasteiger partial charge in [-0.1, -0.05) is 24.3 Å². The molecular weight excluding hydrogens is 500 g/mol. The third-order valence-electron chi connectivity index (χ3n) is 4.99. The number of phenols is 1. The molecule has 2 aromatic carbocycles. The zero-order valence-corrected chi connectivity index (χ0v) is 22.4. The monoisotopic (exact) mass is 528 g/mol. The van der Waals surface area contributed by atoms with Crippen molar-refractivity contribution in [1.82, 2.24) is 0 Å². The maximum atomic E-state index is 11.6. The van der Waals surface area contributed by atoms with Crippen LogP contribution in [-0.2, 0) is 39.5 Å². The molecule has 0 saturated carbocycles. The normalized spacial score (nSPS) is 12.6. The van der Waals surface area contributed by atoms with Crippen molar-refractivity contribution in [2.45, 2.75) is 25.7 Å². The van der Waals surface area contributed by atoms with Crippen LogP contribution in [0.5, 0.6) is 17.2 Å². The molecule has 0 heterocycles. The maximum absolute atomic E-state index is 11.6. The molecule has 0 fully saturated rings. The van der Waals surface area contributed by atoms with Crippen molar-refractivity contribution in [3.05, 3.63) is 53.1 Å². The first-order valence-electron chi connectivity index (χ1n) is 9.82. The fourth-order valence-corrected chi connectivity index (χ4v) is 4.92. The number of hydrogen-bond acceptors (Lipinski definition) is 7. The molecule has 180 valence electrons. The van der Waals surface area contributed by atoms with Crippen molar-refractivity contribution >= 4 is 58.0 Å². The minimum atomic E-state index is -4.28. The molecule has 33 heavy (non-hydrogen) atoms. The maximum Gasteiger partial charge on any atom is 0.265 e. The van der Waals surface area contributed by atoms with Crippen LogP contribution in [0.2, 0.25) is 0 Å². The van der Waals surface area contributed by atoms with E-state index >= 15 is 0 Å². The van der Waals surface area contributed by atoms with Crippen LogP contribution in [0.25, 0.3) is 0 Å².